The summed E-state index contributed by atoms with van der Waals surface area (Å²) < 4.78 is 5.65. The Balaban J connectivity index is 1.94. The van der Waals surface area contributed by atoms with Crippen molar-refractivity contribution in [2.45, 2.75) is 44.8 Å². The highest BCUT2D eigenvalue weighted by Crippen LogP contribution is 2.25. The van der Waals surface area contributed by atoms with Crippen LogP contribution in [0.15, 0.2) is 24.3 Å². The summed E-state index contributed by atoms with van der Waals surface area (Å²) in [6, 6.07) is 8.65. The van der Waals surface area contributed by atoms with Gasteiger partial charge in [0.2, 0.25) is 0 Å². The lowest BCUT2D eigenvalue weighted by Gasteiger charge is -2.20. The Morgan fingerprint density at radius 1 is 1.47 bits per heavy atom. The first kappa shape index (κ1) is 12.6. The molecule has 1 aromatic carbocycles. The molecule has 1 aliphatic rings. The predicted molar refractivity (Wildman–Crippen MR) is 69.5 cm³/mol. The lowest BCUT2D eigenvalue weighted by molar-refractivity contribution is 0.0996. The van der Waals surface area contributed by atoms with Crippen LogP contribution in [0.1, 0.15) is 42.9 Å². The number of rotatable bonds is 5. The molecule has 1 aliphatic heterocycles. The minimum absolute atomic E-state index is 0.236. The zero-order chi connectivity index (χ0) is 12.1. The molecule has 1 fully saturated rings. The first-order valence-corrected chi connectivity index (χ1v) is 6.44. The van der Waals surface area contributed by atoms with Gasteiger partial charge in [-0.25, -0.2) is 0 Å². The summed E-state index contributed by atoms with van der Waals surface area (Å²) in [6.07, 6.45) is 4.96. The lowest BCUT2D eigenvalue weighted by atomic mass is 9.96. The van der Waals surface area contributed by atoms with E-state index in [4.69, 9.17) is 10.6 Å². The van der Waals surface area contributed by atoms with E-state index < -0.39 is 0 Å². The summed E-state index contributed by atoms with van der Waals surface area (Å²) in [5, 5.41) is 0. The second-order valence-electron chi connectivity index (χ2n) is 4.79. The van der Waals surface area contributed by atoms with Gasteiger partial charge in [0.05, 0.1) is 6.10 Å². The normalized spacial score (nSPS) is 21.6. The van der Waals surface area contributed by atoms with Crippen molar-refractivity contribution in [3.63, 3.8) is 0 Å². The van der Waals surface area contributed by atoms with Crippen molar-refractivity contribution >= 4 is 0 Å². The average molecular weight is 234 g/mol. The van der Waals surface area contributed by atoms with Crippen molar-refractivity contribution in [2.24, 2.45) is 5.84 Å². The number of aryl methyl sites for hydroxylation is 1. The first-order chi connectivity index (χ1) is 8.31. The maximum absolute atomic E-state index is 5.67. The van der Waals surface area contributed by atoms with E-state index in [1.54, 1.807) is 0 Å². The molecule has 1 heterocycles. The van der Waals surface area contributed by atoms with Crippen molar-refractivity contribution in [3.05, 3.63) is 35.4 Å². The van der Waals surface area contributed by atoms with E-state index >= 15 is 0 Å². The Morgan fingerprint density at radius 3 is 2.94 bits per heavy atom. The van der Waals surface area contributed by atoms with Crippen molar-refractivity contribution in [3.8, 4) is 0 Å². The molecule has 3 nitrogen and oxygen atoms in total. The molecule has 94 valence electrons. The van der Waals surface area contributed by atoms with Gasteiger partial charge in [0.25, 0.3) is 0 Å². The van der Waals surface area contributed by atoms with E-state index in [1.165, 1.54) is 24.0 Å². The molecule has 1 aromatic rings. The smallest absolute Gasteiger partial charge is 0.0576 e. The number of hydrogen-bond donors (Lipinski definition) is 2. The third-order valence-corrected chi connectivity index (χ3v) is 3.57. The molecular formula is C14H22N2O. The lowest BCUT2D eigenvalue weighted by Crippen LogP contribution is -2.29. The maximum Gasteiger partial charge on any atom is 0.0576 e. The van der Waals surface area contributed by atoms with Gasteiger partial charge in [-0.1, -0.05) is 24.3 Å². The number of hydrazine groups is 1. The zero-order valence-electron chi connectivity index (χ0n) is 10.5. The molecular weight excluding hydrogens is 212 g/mol. The van der Waals surface area contributed by atoms with Crippen LogP contribution in [0.3, 0.4) is 0 Å². The largest absolute Gasteiger partial charge is 0.378 e. The van der Waals surface area contributed by atoms with Gasteiger partial charge in [0.1, 0.15) is 0 Å². The molecule has 0 spiro atoms. The Bertz CT molecular complexity index is 348. The van der Waals surface area contributed by atoms with Crippen molar-refractivity contribution in [1.82, 2.24) is 5.43 Å². The molecule has 2 atom stereocenters. The molecule has 3 N–H and O–H groups in total. The summed E-state index contributed by atoms with van der Waals surface area (Å²) in [6.45, 7) is 3.06. The van der Waals surface area contributed by atoms with Gasteiger partial charge < -0.3 is 4.74 Å². The van der Waals surface area contributed by atoms with Gasteiger partial charge in [-0.05, 0) is 43.7 Å². The molecule has 0 amide bonds. The van der Waals surface area contributed by atoms with Crippen LogP contribution < -0.4 is 11.3 Å². The fourth-order valence-electron chi connectivity index (χ4n) is 2.53. The highest BCUT2D eigenvalue weighted by Gasteiger charge is 2.18. The Morgan fingerprint density at radius 2 is 2.29 bits per heavy atom. The van der Waals surface area contributed by atoms with Crippen LogP contribution in [0.25, 0.3) is 0 Å². The highest BCUT2D eigenvalue weighted by molar-refractivity contribution is 5.28. The van der Waals surface area contributed by atoms with Gasteiger partial charge in [-0.3, -0.25) is 11.3 Å². The van der Waals surface area contributed by atoms with Crippen LogP contribution >= 0.6 is 0 Å². The molecule has 0 saturated carbocycles. The summed E-state index contributed by atoms with van der Waals surface area (Å²) in [4.78, 5) is 0. The van der Waals surface area contributed by atoms with Crippen LogP contribution in [0.5, 0.6) is 0 Å². The second kappa shape index (κ2) is 6.15. The first-order valence-electron chi connectivity index (χ1n) is 6.44. The quantitative estimate of drug-likeness (QED) is 0.607. The number of ether oxygens (including phenoxy) is 1. The van der Waals surface area contributed by atoms with Gasteiger partial charge in [0.15, 0.2) is 0 Å². The summed E-state index contributed by atoms with van der Waals surface area (Å²) >= 11 is 0. The number of benzene rings is 1. The Hall–Kier alpha value is -0.900. The Kier molecular flexibility index (Phi) is 4.54. The average Bonchev–Trinajstić information content (AvgIpc) is 2.85. The summed E-state index contributed by atoms with van der Waals surface area (Å²) in [7, 11) is 0. The van der Waals surface area contributed by atoms with E-state index in [9.17, 15) is 0 Å². The van der Waals surface area contributed by atoms with Crippen LogP contribution in [0.2, 0.25) is 0 Å². The fourth-order valence-corrected chi connectivity index (χ4v) is 2.53. The molecule has 0 bridgehead atoms. The van der Waals surface area contributed by atoms with E-state index in [0.717, 1.165) is 19.4 Å². The maximum atomic E-state index is 5.67. The Labute approximate surface area is 103 Å². The monoisotopic (exact) mass is 234 g/mol. The number of nitrogens with one attached hydrogen (secondary N) is 1. The zero-order valence-corrected chi connectivity index (χ0v) is 10.5. The molecule has 2 rings (SSSR count). The predicted octanol–water partition coefficient (Wildman–Crippen LogP) is 2.46. The van der Waals surface area contributed by atoms with Crippen molar-refractivity contribution in [1.29, 1.82) is 0 Å². The molecule has 0 aliphatic carbocycles. The third-order valence-electron chi connectivity index (χ3n) is 3.57. The minimum atomic E-state index is 0.236. The molecule has 2 unspecified atom stereocenters. The third kappa shape index (κ3) is 3.28. The van der Waals surface area contributed by atoms with E-state index in [2.05, 4.69) is 36.6 Å². The van der Waals surface area contributed by atoms with Gasteiger partial charge in [-0.15, -0.1) is 0 Å². The van der Waals surface area contributed by atoms with E-state index in [-0.39, 0.29) is 6.04 Å². The SMILES string of the molecule is Cc1ccccc1C(CCC1CCCO1)NN. The van der Waals surface area contributed by atoms with Gasteiger partial charge in [0, 0.05) is 12.6 Å². The minimum Gasteiger partial charge on any atom is -0.378 e. The number of nitrogens with two attached hydrogens (primary N) is 1. The van der Waals surface area contributed by atoms with Crippen LogP contribution in [0.4, 0.5) is 0 Å². The fraction of sp³-hybridized carbons (Fsp3) is 0.571. The van der Waals surface area contributed by atoms with Crippen molar-refractivity contribution in [2.75, 3.05) is 6.61 Å². The summed E-state index contributed by atoms with van der Waals surface area (Å²) in [5.74, 6) is 5.67. The van der Waals surface area contributed by atoms with Crippen LogP contribution in [-0.2, 0) is 4.74 Å². The van der Waals surface area contributed by atoms with E-state index in [1.807, 2.05) is 0 Å². The molecule has 3 heteroatoms. The molecule has 17 heavy (non-hydrogen) atoms. The van der Waals surface area contributed by atoms with Crippen LogP contribution in [0, 0.1) is 6.92 Å². The highest BCUT2D eigenvalue weighted by atomic mass is 16.5. The molecule has 0 radical (unpaired) electrons. The standard InChI is InChI=1S/C14H22N2O/c1-11-5-2-3-7-13(11)14(16-15)9-8-12-6-4-10-17-12/h2-3,5,7,12,14,16H,4,6,8-10,15H2,1H3. The summed E-state index contributed by atoms with van der Waals surface area (Å²) in [5.41, 5.74) is 5.52. The second-order valence-corrected chi connectivity index (χ2v) is 4.79. The van der Waals surface area contributed by atoms with Crippen LogP contribution in [-0.4, -0.2) is 12.7 Å². The topological polar surface area (TPSA) is 47.3 Å². The van der Waals surface area contributed by atoms with E-state index in [0.29, 0.717) is 6.10 Å². The number of hydrogen-bond acceptors (Lipinski definition) is 3. The van der Waals surface area contributed by atoms with Gasteiger partial charge in [-0.2, -0.15) is 0 Å². The molecule has 1 saturated heterocycles. The molecule has 0 aromatic heterocycles. The van der Waals surface area contributed by atoms with Gasteiger partial charge >= 0.3 is 0 Å². The van der Waals surface area contributed by atoms with Crippen molar-refractivity contribution < 1.29 is 4.74 Å².